The molecule has 1 aromatic heterocycles. The molecule has 98 valence electrons. The second-order valence-corrected chi connectivity index (χ2v) is 5.00. The fraction of sp³-hybridized carbons (Fsp3) is 0.400. The van der Waals surface area contributed by atoms with Gasteiger partial charge in [0.15, 0.2) is 0 Å². The number of halogens is 1. The molecule has 1 aromatic rings. The molecule has 1 rings (SSSR count). The molecule has 0 radical (unpaired) electrons. The lowest BCUT2D eigenvalue weighted by atomic mass is 9.81. The molecule has 0 aliphatic heterocycles. The van der Waals surface area contributed by atoms with Crippen LogP contribution in [-0.4, -0.2) is 33.8 Å². The summed E-state index contributed by atoms with van der Waals surface area (Å²) >= 11 is 5.69. The van der Waals surface area contributed by atoms with E-state index in [0.29, 0.717) is 0 Å². The predicted octanol–water partition coefficient (Wildman–Crippen LogP) is 0.762. The highest BCUT2D eigenvalue weighted by Crippen LogP contribution is 2.11. The lowest BCUT2D eigenvalue weighted by Crippen LogP contribution is -2.31. The Hall–Kier alpha value is -1.31. The Morgan fingerprint density at radius 1 is 1.44 bits per heavy atom. The SMILES string of the molecule is CC(C)(C)OC(=O)Nc1cc(B(O)O)cc(Cl)n1. The topological polar surface area (TPSA) is 91.7 Å². The van der Waals surface area contributed by atoms with Gasteiger partial charge in [0.2, 0.25) is 0 Å². The Labute approximate surface area is 110 Å². The van der Waals surface area contributed by atoms with Crippen LogP contribution in [0.2, 0.25) is 5.15 Å². The quantitative estimate of drug-likeness (QED) is 0.546. The molecule has 0 bridgehead atoms. The van der Waals surface area contributed by atoms with Crippen molar-refractivity contribution in [3.05, 3.63) is 17.3 Å². The number of anilines is 1. The molecule has 18 heavy (non-hydrogen) atoms. The highest BCUT2D eigenvalue weighted by atomic mass is 35.5. The van der Waals surface area contributed by atoms with Gasteiger partial charge in [-0.05, 0) is 38.4 Å². The van der Waals surface area contributed by atoms with E-state index in [-0.39, 0.29) is 16.4 Å². The molecule has 0 aromatic carbocycles. The third kappa shape index (κ3) is 4.91. The molecular formula is C10H14BClN2O4. The zero-order valence-corrected chi connectivity index (χ0v) is 11.0. The molecule has 0 spiro atoms. The van der Waals surface area contributed by atoms with Crippen LogP contribution in [-0.2, 0) is 4.74 Å². The minimum absolute atomic E-state index is 0.0339. The first-order valence-electron chi connectivity index (χ1n) is 5.21. The smallest absolute Gasteiger partial charge is 0.444 e. The first kappa shape index (κ1) is 14.8. The fourth-order valence-corrected chi connectivity index (χ4v) is 1.36. The number of rotatable bonds is 2. The summed E-state index contributed by atoms with van der Waals surface area (Å²) < 4.78 is 5.02. The van der Waals surface area contributed by atoms with Crippen molar-refractivity contribution in [3.63, 3.8) is 0 Å². The summed E-state index contributed by atoms with van der Waals surface area (Å²) in [6.07, 6.45) is -0.698. The summed E-state index contributed by atoms with van der Waals surface area (Å²) in [5.74, 6) is 0.0832. The van der Waals surface area contributed by atoms with Gasteiger partial charge in [0.05, 0.1) is 0 Å². The molecule has 6 nitrogen and oxygen atoms in total. The average molecular weight is 272 g/mol. The highest BCUT2D eigenvalue weighted by molar-refractivity contribution is 6.59. The van der Waals surface area contributed by atoms with Crippen LogP contribution >= 0.6 is 11.6 Å². The Kier molecular flexibility index (Phi) is 4.56. The summed E-state index contributed by atoms with van der Waals surface area (Å²) in [5.41, 5.74) is -0.511. The second-order valence-electron chi connectivity index (χ2n) is 4.61. The zero-order chi connectivity index (χ0) is 13.9. The van der Waals surface area contributed by atoms with E-state index in [1.807, 2.05) is 0 Å². The van der Waals surface area contributed by atoms with Crippen LogP contribution in [0.5, 0.6) is 0 Å². The maximum atomic E-state index is 11.5. The molecule has 0 saturated heterocycles. The number of nitrogens with one attached hydrogen (secondary N) is 1. The second kappa shape index (κ2) is 5.56. The molecule has 1 amide bonds. The number of pyridine rings is 1. The number of hydrogen-bond donors (Lipinski definition) is 3. The van der Waals surface area contributed by atoms with E-state index in [0.717, 1.165) is 0 Å². The summed E-state index contributed by atoms with van der Waals surface area (Å²) in [7, 11) is -1.69. The molecule has 3 N–H and O–H groups in total. The van der Waals surface area contributed by atoms with Gasteiger partial charge in [-0.15, -0.1) is 0 Å². The minimum atomic E-state index is -1.69. The molecule has 0 aliphatic rings. The molecule has 0 aliphatic carbocycles. The maximum absolute atomic E-state index is 11.5. The van der Waals surface area contributed by atoms with Crippen molar-refractivity contribution in [1.82, 2.24) is 4.98 Å². The Morgan fingerprint density at radius 2 is 2.06 bits per heavy atom. The Morgan fingerprint density at radius 3 is 2.56 bits per heavy atom. The van der Waals surface area contributed by atoms with Gasteiger partial charge in [0.1, 0.15) is 16.6 Å². The van der Waals surface area contributed by atoms with Crippen molar-refractivity contribution in [2.24, 2.45) is 0 Å². The molecule has 0 saturated carbocycles. The normalized spacial score (nSPS) is 11.0. The largest absolute Gasteiger partial charge is 0.488 e. The number of aromatic nitrogens is 1. The third-order valence-corrected chi connectivity index (χ3v) is 1.94. The van der Waals surface area contributed by atoms with Gasteiger partial charge in [-0.3, -0.25) is 5.32 Å². The van der Waals surface area contributed by atoms with Crippen molar-refractivity contribution < 1.29 is 19.6 Å². The summed E-state index contributed by atoms with van der Waals surface area (Å²) in [4.78, 5) is 15.3. The molecule has 0 unspecified atom stereocenters. The van der Waals surface area contributed by atoms with E-state index in [2.05, 4.69) is 10.3 Å². The van der Waals surface area contributed by atoms with Crippen molar-refractivity contribution >= 4 is 36.1 Å². The molecular weight excluding hydrogens is 258 g/mol. The van der Waals surface area contributed by atoms with E-state index in [1.54, 1.807) is 20.8 Å². The van der Waals surface area contributed by atoms with Crippen LogP contribution in [0.4, 0.5) is 10.6 Å². The number of carbonyl (C=O) groups excluding carboxylic acids is 1. The molecule has 8 heteroatoms. The summed E-state index contributed by atoms with van der Waals surface area (Å²) in [6.45, 7) is 5.17. The van der Waals surface area contributed by atoms with Gasteiger partial charge in [0, 0.05) is 0 Å². The zero-order valence-electron chi connectivity index (χ0n) is 10.3. The third-order valence-electron chi connectivity index (χ3n) is 1.74. The van der Waals surface area contributed by atoms with E-state index < -0.39 is 18.8 Å². The Bertz CT molecular complexity index is 448. The van der Waals surface area contributed by atoms with Gasteiger partial charge in [-0.1, -0.05) is 11.6 Å². The van der Waals surface area contributed by atoms with Crippen LogP contribution in [0, 0.1) is 0 Å². The van der Waals surface area contributed by atoms with Gasteiger partial charge in [0.25, 0.3) is 0 Å². The van der Waals surface area contributed by atoms with Crippen molar-refractivity contribution in [1.29, 1.82) is 0 Å². The maximum Gasteiger partial charge on any atom is 0.488 e. The first-order chi connectivity index (χ1) is 8.17. The number of ether oxygens (including phenoxy) is 1. The van der Waals surface area contributed by atoms with Crippen LogP contribution in [0.15, 0.2) is 12.1 Å². The van der Waals surface area contributed by atoms with Crippen LogP contribution in [0.1, 0.15) is 20.8 Å². The van der Waals surface area contributed by atoms with Crippen LogP contribution < -0.4 is 10.8 Å². The first-order valence-corrected chi connectivity index (χ1v) is 5.59. The summed E-state index contributed by atoms with van der Waals surface area (Å²) in [6, 6.07) is 2.58. The lowest BCUT2D eigenvalue weighted by Gasteiger charge is -2.19. The number of hydrogen-bond acceptors (Lipinski definition) is 5. The summed E-state index contributed by atoms with van der Waals surface area (Å²) in [5, 5.41) is 20.4. The molecule has 0 fully saturated rings. The average Bonchev–Trinajstić information content (AvgIpc) is 2.12. The van der Waals surface area contributed by atoms with Gasteiger partial charge < -0.3 is 14.8 Å². The van der Waals surface area contributed by atoms with E-state index in [9.17, 15) is 4.79 Å². The predicted molar refractivity (Wildman–Crippen MR) is 68.9 cm³/mol. The van der Waals surface area contributed by atoms with Crippen LogP contribution in [0.25, 0.3) is 0 Å². The Balaban J connectivity index is 2.82. The number of carbonyl (C=O) groups is 1. The molecule has 1 heterocycles. The fourth-order valence-electron chi connectivity index (χ4n) is 1.14. The van der Waals surface area contributed by atoms with Gasteiger partial charge in [-0.25, -0.2) is 9.78 Å². The number of nitrogens with zero attached hydrogens (tertiary/aromatic N) is 1. The van der Waals surface area contributed by atoms with Crippen molar-refractivity contribution in [2.75, 3.05) is 5.32 Å². The minimum Gasteiger partial charge on any atom is -0.444 e. The lowest BCUT2D eigenvalue weighted by molar-refractivity contribution is 0.0635. The van der Waals surface area contributed by atoms with Gasteiger partial charge >= 0.3 is 13.2 Å². The van der Waals surface area contributed by atoms with E-state index in [4.69, 9.17) is 26.4 Å². The highest BCUT2D eigenvalue weighted by Gasteiger charge is 2.18. The van der Waals surface area contributed by atoms with E-state index >= 15 is 0 Å². The standard InChI is InChI=1S/C10H14BClN2O4/c1-10(2,3)18-9(15)14-8-5-6(11(16)17)4-7(12)13-8/h4-5,16-17H,1-3H3,(H,13,14,15). The van der Waals surface area contributed by atoms with Gasteiger partial charge in [-0.2, -0.15) is 0 Å². The van der Waals surface area contributed by atoms with Crippen molar-refractivity contribution in [3.8, 4) is 0 Å². The van der Waals surface area contributed by atoms with Crippen molar-refractivity contribution in [2.45, 2.75) is 26.4 Å². The van der Waals surface area contributed by atoms with E-state index in [1.165, 1.54) is 12.1 Å². The van der Waals surface area contributed by atoms with Crippen LogP contribution in [0.3, 0.4) is 0 Å². The number of amides is 1. The molecule has 0 atom stereocenters. The monoisotopic (exact) mass is 272 g/mol.